The first kappa shape index (κ1) is 14.5. The van der Waals surface area contributed by atoms with Gasteiger partial charge in [0.15, 0.2) is 0 Å². The van der Waals surface area contributed by atoms with Crippen LogP contribution < -0.4 is 0 Å². The summed E-state index contributed by atoms with van der Waals surface area (Å²) in [5.41, 5.74) is 3.37. The molecule has 2 heteroatoms. The molecule has 0 radical (unpaired) electrons. The highest BCUT2D eigenvalue weighted by Gasteiger charge is 2.09. The molecule has 2 nitrogen and oxygen atoms in total. The summed E-state index contributed by atoms with van der Waals surface area (Å²) in [6.07, 6.45) is 2.36. The van der Waals surface area contributed by atoms with E-state index in [1.165, 1.54) is 21.7 Å². The molecule has 1 N–H and O–H groups in total. The summed E-state index contributed by atoms with van der Waals surface area (Å²) < 4.78 is 0. The highest BCUT2D eigenvalue weighted by Crippen LogP contribution is 2.29. The Morgan fingerprint density at radius 2 is 1.46 bits per heavy atom. The molecule has 0 amide bonds. The standard InChI is InChI=1S/C22H17NO/c24-23-15-22-18(14-16-6-2-1-3-7-16)11-13-20-19-9-5-4-8-17(19)10-12-21(20)22/h1-13,15,24H,14H2. The molecule has 116 valence electrons. The van der Waals surface area contributed by atoms with E-state index in [9.17, 15) is 0 Å². The Morgan fingerprint density at radius 3 is 2.29 bits per heavy atom. The van der Waals surface area contributed by atoms with Crippen LogP contribution in [0.3, 0.4) is 0 Å². The van der Waals surface area contributed by atoms with Gasteiger partial charge in [0.25, 0.3) is 0 Å². The Morgan fingerprint density at radius 1 is 0.708 bits per heavy atom. The van der Waals surface area contributed by atoms with Crippen molar-refractivity contribution in [2.24, 2.45) is 5.16 Å². The number of hydrogen-bond donors (Lipinski definition) is 1. The van der Waals surface area contributed by atoms with E-state index in [1.807, 2.05) is 24.3 Å². The summed E-state index contributed by atoms with van der Waals surface area (Å²) in [5, 5.41) is 17.2. The predicted molar refractivity (Wildman–Crippen MR) is 100 cm³/mol. The van der Waals surface area contributed by atoms with Crippen molar-refractivity contribution in [1.82, 2.24) is 0 Å². The van der Waals surface area contributed by atoms with E-state index in [1.54, 1.807) is 6.21 Å². The van der Waals surface area contributed by atoms with Crippen molar-refractivity contribution in [3.05, 3.63) is 95.6 Å². The number of oxime groups is 1. The summed E-state index contributed by atoms with van der Waals surface area (Å²) >= 11 is 0. The topological polar surface area (TPSA) is 32.6 Å². The van der Waals surface area contributed by atoms with Crippen LogP contribution >= 0.6 is 0 Å². The second kappa shape index (κ2) is 6.17. The van der Waals surface area contributed by atoms with Gasteiger partial charge >= 0.3 is 0 Å². The fraction of sp³-hybridized carbons (Fsp3) is 0.0455. The Kier molecular flexibility index (Phi) is 3.72. The van der Waals surface area contributed by atoms with E-state index in [-0.39, 0.29) is 0 Å². The summed E-state index contributed by atoms with van der Waals surface area (Å²) in [7, 11) is 0. The average molecular weight is 311 g/mol. The second-order valence-corrected chi connectivity index (χ2v) is 5.93. The lowest BCUT2D eigenvalue weighted by molar-refractivity contribution is 0.322. The molecule has 0 atom stereocenters. The molecule has 4 aromatic carbocycles. The predicted octanol–water partition coefficient (Wildman–Crippen LogP) is 5.39. The van der Waals surface area contributed by atoms with Crippen LogP contribution in [0.5, 0.6) is 0 Å². The number of nitrogens with zero attached hydrogens (tertiary/aromatic N) is 1. The van der Waals surface area contributed by atoms with Crippen LogP contribution in [-0.2, 0) is 6.42 Å². The number of hydrogen-bond acceptors (Lipinski definition) is 2. The number of rotatable bonds is 3. The van der Waals surface area contributed by atoms with Crippen LogP contribution in [0.1, 0.15) is 16.7 Å². The molecule has 4 rings (SSSR count). The summed E-state index contributed by atoms with van der Waals surface area (Å²) in [4.78, 5) is 0. The monoisotopic (exact) mass is 311 g/mol. The lowest BCUT2D eigenvalue weighted by Crippen LogP contribution is -1.97. The molecule has 0 saturated carbocycles. The van der Waals surface area contributed by atoms with Gasteiger partial charge in [0, 0.05) is 5.56 Å². The molecule has 0 aliphatic rings. The van der Waals surface area contributed by atoms with Crippen molar-refractivity contribution in [3.63, 3.8) is 0 Å². The lowest BCUT2D eigenvalue weighted by Gasteiger charge is -2.12. The van der Waals surface area contributed by atoms with Gasteiger partial charge < -0.3 is 5.21 Å². The molecule has 0 heterocycles. The molecular weight excluding hydrogens is 294 g/mol. The quantitative estimate of drug-likeness (QED) is 0.234. The van der Waals surface area contributed by atoms with Crippen LogP contribution in [0.25, 0.3) is 21.5 Å². The van der Waals surface area contributed by atoms with Gasteiger partial charge in [-0.25, -0.2) is 0 Å². The molecule has 24 heavy (non-hydrogen) atoms. The highest BCUT2D eigenvalue weighted by atomic mass is 16.4. The number of benzene rings is 4. The molecular formula is C22H17NO. The van der Waals surface area contributed by atoms with Gasteiger partial charge in [0.1, 0.15) is 0 Å². The Bertz CT molecular complexity index is 1040. The normalized spacial score (nSPS) is 11.5. The fourth-order valence-corrected chi connectivity index (χ4v) is 3.34. The molecule has 0 spiro atoms. The van der Waals surface area contributed by atoms with Gasteiger partial charge in [-0.3, -0.25) is 0 Å². The third-order valence-electron chi connectivity index (χ3n) is 4.48. The van der Waals surface area contributed by atoms with Crippen molar-refractivity contribution in [2.45, 2.75) is 6.42 Å². The first-order chi connectivity index (χ1) is 11.9. The van der Waals surface area contributed by atoms with Gasteiger partial charge in [0.05, 0.1) is 6.21 Å². The van der Waals surface area contributed by atoms with Crippen LogP contribution in [0.15, 0.2) is 84.0 Å². The summed E-state index contributed by atoms with van der Waals surface area (Å²) in [6.45, 7) is 0. The zero-order chi connectivity index (χ0) is 16.4. The van der Waals surface area contributed by atoms with Crippen LogP contribution in [0, 0.1) is 0 Å². The Balaban J connectivity index is 1.95. The average Bonchev–Trinajstić information content (AvgIpc) is 2.64. The lowest BCUT2D eigenvalue weighted by atomic mass is 9.92. The van der Waals surface area contributed by atoms with Crippen molar-refractivity contribution >= 4 is 27.8 Å². The zero-order valence-corrected chi connectivity index (χ0v) is 13.2. The molecule has 4 aromatic rings. The SMILES string of the molecule is ON=Cc1c(Cc2ccccc2)ccc2c1ccc1ccccc12. The van der Waals surface area contributed by atoms with Gasteiger partial charge in [-0.05, 0) is 39.1 Å². The van der Waals surface area contributed by atoms with Gasteiger partial charge in [0.2, 0.25) is 0 Å². The molecule has 0 fully saturated rings. The maximum atomic E-state index is 9.15. The molecule has 0 aliphatic carbocycles. The van der Waals surface area contributed by atoms with Crippen molar-refractivity contribution < 1.29 is 5.21 Å². The van der Waals surface area contributed by atoms with Crippen molar-refractivity contribution in [1.29, 1.82) is 0 Å². The number of fused-ring (bicyclic) bond motifs is 3. The van der Waals surface area contributed by atoms with Crippen LogP contribution in [-0.4, -0.2) is 11.4 Å². The van der Waals surface area contributed by atoms with Crippen molar-refractivity contribution in [2.75, 3.05) is 0 Å². The van der Waals surface area contributed by atoms with E-state index in [0.717, 1.165) is 22.9 Å². The molecule has 0 saturated heterocycles. The molecule has 0 unspecified atom stereocenters. The minimum atomic E-state index is 0.810. The van der Waals surface area contributed by atoms with Crippen molar-refractivity contribution in [3.8, 4) is 0 Å². The second-order valence-electron chi connectivity index (χ2n) is 5.93. The van der Waals surface area contributed by atoms with E-state index < -0.39 is 0 Å². The third-order valence-corrected chi connectivity index (χ3v) is 4.48. The Hall–Kier alpha value is -3.13. The van der Waals surface area contributed by atoms with E-state index in [2.05, 4.69) is 59.8 Å². The first-order valence-corrected chi connectivity index (χ1v) is 8.01. The van der Waals surface area contributed by atoms with Crippen LogP contribution in [0.2, 0.25) is 0 Å². The Labute approximate surface area is 140 Å². The fourth-order valence-electron chi connectivity index (χ4n) is 3.34. The zero-order valence-electron chi connectivity index (χ0n) is 13.2. The highest BCUT2D eigenvalue weighted by molar-refractivity contribution is 6.13. The van der Waals surface area contributed by atoms with Crippen LogP contribution in [0.4, 0.5) is 0 Å². The van der Waals surface area contributed by atoms with E-state index >= 15 is 0 Å². The minimum Gasteiger partial charge on any atom is -0.411 e. The van der Waals surface area contributed by atoms with Gasteiger partial charge in [-0.15, -0.1) is 0 Å². The first-order valence-electron chi connectivity index (χ1n) is 8.01. The van der Waals surface area contributed by atoms with E-state index in [4.69, 9.17) is 5.21 Å². The molecule has 0 bridgehead atoms. The smallest absolute Gasteiger partial charge is 0.0742 e. The molecule has 0 aliphatic heterocycles. The summed E-state index contributed by atoms with van der Waals surface area (Å²) in [6, 6.07) is 27.2. The van der Waals surface area contributed by atoms with Gasteiger partial charge in [-0.2, -0.15) is 0 Å². The minimum absolute atomic E-state index is 0.810. The third kappa shape index (κ3) is 2.52. The largest absolute Gasteiger partial charge is 0.411 e. The van der Waals surface area contributed by atoms with E-state index in [0.29, 0.717) is 0 Å². The van der Waals surface area contributed by atoms with Gasteiger partial charge in [-0.1, -0.05) is 84.0 Å². The maximum Gasteiger partial charge on any atom is 0.0742 e. The molecule has 0 aromatic heterocycles. The maximum absolute atomic E-state index is 9.15. The summed E-state index contributed by atoms with van der Waals surface area (Å²) in [5.74, 6) is 0.